The van der Waals surface area contributed by atoms with Crippen LogP contribution in [0.2, 0.25) is 0 Å². The first kappa shape index (κ1) is 100.0. The fourth-order valence-electron chi connectivity index (χ4n) is 4.51. The molecule has 0 aromatic rings. The SMILES string of the molecule is O=S(=O)([O-])C(F)(F)C(F)(F)C(F)(F)C(F)(F)C(F)(F)C(F)(F)C(F)(F)C(F)(F)C(F)(F)F.O=S(=O)([O-])C(F)(F)C(F)(F)C(F)(F)C(F)(F)C(F)(F)C(F)(F)C(F)(F)C(F)(F)C(F)(F)F.O=S(=O)([O-])C(F)(F)C(F)(F)C(F)(F)C(F)(F)C(F)(F)C(F)(F)C(F)(F)C(F)(F)C(F)(F)F.[In+3]. The summed E-state index contributed by atoms with van der Waals surface area (Å²) in [5.74, 6) is -187. The number of hydrogen-bond acceptors (Lipinski definition) is 9. The normalized spacial score (nSPS) is 16.8. The molecule has 0 amide bonds. The first-order valence-corrected chi connectivity index (χ1v) is 23.1. The van der Waals surface area contributed by atoms with Gasteiger partial charge in [0.25, 0.3) is 0 Å². The molecule has 0 saturated carbocycles. The Morgan fingerprint density at radius 1 is 0.134 bits per heavy atom. The van der Waals surface area contributed by atoms with Crippen molar-refractivity contribution in [3.8, 4) is 0 Å². The molecule has 0 aliphatic heterocycles. The van der Waals surface area contributed by atoms with Crippen LogP contribution < -0.4 is 0 Å². The van der Waals surface area contributed by atoms with Crippen molar-refractivity contribution in [1.29, 1.82) is 0 Å². The molecule has 0 aliphatic rings. The molecule has 97 heavy (non-hydrogen) atoms. The maximum atomic E-state index is 13.2. The van der Waals surface area contributed by atoms with E-state index in [2.05, 4.69) is 0 Å². The van der Waals surface area contributed by atoms with Gasteiger partial charge >= 0.3 is 185 Å². The van der Waals surface area contributed by atoms with E-state index in [0.717, 1.165) is 0 Å². The quantitative estimate of drug-likeness (QED) is 0.0673. The van der Waals surface area contributed by atoms with Crippen LogP contribution in [0.1, 0.15) is 0 Å². The fraction of sp³-hybridized carbons (Fsp3) is 1.00. The molecule has 0 rings (SSSR count). The van der Waals surface area contributed by atoms with Gasteiger partial charge in [-0.05, 0) is 0 Å². The van der Waals surface area contributed by atoms with Gasteiger partial charge in [-0.3, -0.25) is 0 Å². The van der Waals surface area contributed by atoms with Crippen molar-refractivity contribution in [2.75, 3.05) is 0 Å². The Kier molecular flexibility index (Phi) is 25.7. The Morgan fingerprint density at radius 2 is 0.196 bits per heavy atom. The zero-order valence-electron chi connectivity index (χ0n) is 40.5. The minimum atomic E-state index is -9.17. The van der Waals surface area contributed by atoms with E-state index in [1.165, 1.54) is 0 Å². The smallest absolute Gasteiger partial charge is 0.743 e. The van der Waals surface area contributed by atoms with Gasteiger partial charge in [-0.25, -0.2) is 25.3 Å². The van der Waals surface area contributed by atoms with Crippen molar-refractivity contribution in [2.24, 2.45) is 0 Å². The van der Waals surface area contributed by atoms with E-state index in [1.807, 2.05) is 0 Å². The van der Waals surface area contributed by atoms with E-state index >= 15 is 0 Å². The number of rotatable bonds is 24. The molecule has 582 valence electrons. The molecule has 0 radical (unpaired) electrons. The van der Waals surface area contributed by atoms with Crippen LogP contribution in [-0.4, -0.2) is 223 Å². The van der Waals surface area contributed by atoms with E-state index in [1.54, 1.807) is 0 Å². The fourth-order valence-corrected chi connectivity index (χ4v) is 5.84. The molecule has 0 aromatic heterocycles. The predicted molar refractivity (Wildman–Crippen MR) is 172 cm³/mol. The van der Waals surface area contributed by atoms with E-state index in [-0.39, 0.29) is 25.8 Å². The van der Waals surface area contributed by atoms with Crippen LogP contribution in [0.25, 0.3) is 0 Å². The van der Waals surface area contributed by atoms with Gasteiger partial charge in [0.2, 0.25) is 0 Å². The molecule has 0 fully saturated rings. The molecular weight excluding hydrogens is 1760 g/mol. The van der Waals surface area contributed by atoms with Gasteiger partial charge in [0.1, 0.15) is 0 Å². The minimum absolute atomic E-state index is 0. The largest absolute Gasteiger partial charge is 3.00 e. The van der Waals surface area contributed by atoms with Crippen molar-refractivity contribution in [1.82, 2.24) is 0 Å². The molecule has 0 heterocycles. The molecule has 0 unspecified atom stereocenters. The van der Waals surface area contributed by atoms with E-state index in [0.29, 0.717) is 0 Å². The van der Waals surface area contributed by atoms with Crippen LogP contribution in [0.5, 0.6) is 0 Å². The minimum Gasteiger partial charge on any atom is -0.743 e. The van der Waals surface area contributed by atoms with E-state index < -0.39 is 189 Å². The standard InChI is InChI=1S/3C9HF19O3S.In/c3*10-1(11,2(12,13)4(16,17)6(20,21)8(24,25)26)3(14,15)5(18,19)7(22,23)9(27,28)32(29,30)31;/h3*(H,29,30,31);/q;;;+3/p-3. The van der Waals surface area contributed by atoms with Crippen molar-refractivity contribution in [3.63, 3.8) is 0 Å². The second kappa shape index (κ2) is 24.9. The van der Waals surface area contributed by atoms with Crippen molar-refractivity contribution < 1.29 is 289 Å². The maximum Gasteiger partial charge on any atom is 3.00 e. The monoisotopic (exact) mass is 1760 g/mol. The summed E-state index contributed by atoms with van der Waals surface area (Å²) in [4.78, 5) is 0. The van der Waals surface area contributed by atoms with Gasteiger partial charge in [0, 0.05) is 0 Å². The Hall–Kier alpha value is -3.39. The summed E-state index contributed by atoms with van der Waals surface area (Å²) >= 11 is 0. The van der Waals surface area contributed by atoms with Gasteiger partial charge in [-0.2, -0.15) is 250 Å². The van der Waals surface area contributed by atoms with Crippen molar-refractivity contribution >= 4 is 56.2 Å². The number of halogens is 57. The zero-order chi connectivity index (χ0) is 81.0. The van der Waals surface area contributed by atoms with Crippen molar-refractivity contribution in [2.45, 2.75) is 159 Å². The van der Waals surface area contributed by atoms with Gasteiger partial charge in [-0.15, -0.1) is 0 Å². The molecule has 0 N–H and O–H groups in total. The van der Waals surface area contributed by atoms with E-state index in [9.17, 15) is 289 Å². The van der Waals surface area contributed by atoms with Crippen LogP contribution >= 0.6 is 0 Å². The maximum absolute atomic E-state index is 13.2. The summed E-state index contributed by atoms with van der Waals surface area (Å²) in [5.41, 5.74) is 0. The summed E-state index contributed by atoms with van der Waals surface area (Å²) in [7, 11) is -24.8. The Balaban J connectivity index is -0.000000665. The first-order valence-electron chi connectivity index (χ1n) is 18.9. The van der Waals surface area contributed by atoms with E-state index in [4.69, 9.17) is 0 Å². The number of alkyl halides is 57. The molecule has 0 bridgehead atoms. The first-order chi connectivity index (χ1) is 39.8. The van der Waals surface area contributed by atoms with Crippen molar-refractivity contribution in [3.05, 3.63) is 0 Å². The molecule has 0 saturated heterocycles. The second-order valence-electron chi connectivity index (χ2n) is 16.5. The van der Waals surface area contributed by atoms with Gasteiger partial charge in [-0.1, -0.05) is 0 Å². The second-order valence-corrected chi connectivity index (χ2v) is 20.7. The Bertz CT molecular complexity index is 2800. The number of hydrogen-bond donors (Lipinski definition) is 0. The topological polar surface area (TPSA) is 172 Å². The Morgan fingerprint density at radius 3 is 0.258 bits per heavy atom. The molecule has 70 heteroatoms. The van der Waals surface area contributed by atoms with Crippen LogP contribution in [0.3, 0.4) is 0 Å². The Labute approximate surface area is 503 Å². The molecule has 9 nitrogen and oxygen atoms in total. The van der Waals surface area contributed by atoms with Gasteiger partial charge in [0.05, 0.1) is 0 Å². The third-order valence-electron chi connectivity index (χ3n) is 10.2. The van der Waals surface area contributed by atoms with Gasteiger partial charge < -0.3 is 13.7 Å². The summed E-state index contributed by atoms with van der Waals surface area (Å²) in [6.45, 7) is 0. The molecule has 0 aromatic carbocycles. The van der Waals surface area contributed by atoms with Crippen LogP contribution in [0, 0.1) is 0 Å². The third kappa shape index (κ3) is 13.2. The summed E-state index contributed by atoms with van der Waals surface area (Å²) in [6, 6.07) is 0. The van der Waals surface area contributed by atoms with Crippen LogP contribution in [0.4, 0.5) is 250 Å². The average molecular weight is 1760 g/mol. The van der Waals surface area contributed by atoms with Crippen LogP contribution in [0.15, 0.2) is 0 Å². The molecule has 0 spiro atoms. The van der Waals surface area contributed by atoms with Gasteiger partial charge in [0.15, 0.2) is 30.4 Å². The molecular formula is C27F57InO9S3. The summed E-state index contributed by atoms with van der Waals surface area (Å²) in [6.07, 6.45) is -24.0. The third-order valence-corrected chi connectivity index (χ3v) is 12.9. The molecule has 0 aliphatic carbocycles. The summed E-state index contributed by atoms with van der Waals surface area (Å²) in [5, 5.41) is -24.2. The molecule has 0 atom stereocenters. The summed E-state index contributed by atoms with van der Waals surface area (Å²) < 4.78 is 815. The predicted octanol–water partition coefficient (Wildman–Crippen LogP) is 15.0. The average Bonchev–Trinajstić information content (AvgIpc) is 0.699. The van der Waals surface area contributed by atoms with Crippen LogP contribution in [-0.2, 0) is 30.4 Å². The zero-order valence-corrected chi connectivity index (χ0v) is 46.3.